The molecule has 0 rings (SSSR count). The Labute approximate surface area is 101 Å². The zero-order valence-electron chi connectivity index (χ0n) is 9.07. The molecule has 0 aromatic rings. The molecule has 0 bridgehead atoms. The Balaban J connectivity index is 3.06. The summed E-state index contributed by atoms with van der Waals surface area (Å²) >= 11 is 4.07. The van der Waals surface area contributed by atoms with E-state index in [-0.39, 0.29) is 12.5 Å². The lowest BCUT2D eigenvalue weighted by Gasteiger charge is -2.03. The smallest absolute Gasteiger partial charge is 0.220 e. The van der Waals surface area contributed by atoms with Crippen molar-refractivity contribution >= 4 is 28.4 Å². The number of carbonyl (C=O) groups is 1. The van der Waals surface area contributed by atoms with E-state index in [1.165, 1.54) is 19.3 Å². The highest BCUT2D eigenvalue weighted by Crippen LogP contribution is 2.11. The molecule has 0 heterocycles. The van der Waals surface area contributed by atoms with Crippen LogP contribution in [0.4, 0.5) is 0 Å². The molecule has 0 spiro atoms. The summed E-state index contributed by atoms with van der Waals surface area (Å²) in [5.74, 6) is 1.16. The van der Waals surface area contributed by atoms with E-state index in [0.29, 0.717) is 13.0 Å². The lowest BCUT2D eigenvalue weighted by molar-refractivity contribution is -0.121. The maximum Gasteiger partial charge on any atom is 0.220 e. The first-order valence-corrected chi connectivity index (χ1v) is 7.49. The fraction of sp³-hybridized carbons (Fsp3) is 0.900. The van der Waals surface area contributed by atoms with Gasteiger partial charge in [-0.15, -0.1) is 11.7 Å². The number of rotatable bonds is 10. The van der Waals surface area contributed by atoms with Gasteiger partial charge in [-0.3, -0.25) is 4.79 Å². The summed E-state index contributed by atoms with van der Waals surface area (Å²) in [5.41, 5.74) is 0. The van der Waals surface area contributed by atoms with Crippen LogP contribution in [-0.4, -0.2) is 29.9 Å². The van der Waals surface area contributed by atoms with E-state index in [2.05, 4.69) is 17.0 Å². The van der Waals surface area contributed by atoms with Crippen LogP contribution < -0.4 is 5.32 Å². The van der Waals surface area contributed by atoms with Crippen molar-refractivity contribution in [2.45, 2.75) is 38.5 Å². The Morgan fingerprint density at radius 3 is 2.53 bits per heavy atom. The number of aliphatic hydroxyl groups excluding tert-OH is 1. The van der Waals surface area contributed by atoms with Crippen LogP contribution in [-0.2, 0) is 4.79 Å². The van der Waals surface area contributed by atoms with Gasteiger partial charge < -0.3 is 10.4 Å². The average molecular weight is 251 g/mol. The number of unbranched alkanes of at least 4 members (excludes halogenated alkanes) is 4. The number of hydrogen-bond acceptors (Lipinski definition) is 4. The van der Waals surface area contributed by atoms with E-state index in [4.69, 9.17) is 5.11 Å². The van der Waals surface area contributed by atoms with Crippen molar-refractivity contribution in [3.8, 4) is 0 Å². The molecule has 0 saturated heterocycles. The first kappa shape index (κ1) is 15.1. The number of nitrogens with one attached hydrogen (secondary N) is 1. The molecule has 5 heteroatoms. The molecule has 0 radical (unpaired) electrons. The van der Waals surface area contributed by atoms with E-state index in [1.807, 2.05) is 0 Å². The van der Waals surface area contributed by atoms with Crippen molar-refractivity contribution in [3.05, 3.63) is 0 Å². The number of aliphatic hydroxyl groups is 1. The predicted molar refractivity (Wildman–Crippen MR) is 69.2 cm³/mol. The second-order valence-corrected chi connectivity index (χ2v) is 4.87. The summed E-state index contributed by atoms with van der Waals surface area (Å²) in [6.07, 6.45) is 6.29. The van der Waals surface area contributed by atoms with Crippen molar-refractivity contribution in [1.29, 1.82) is 0 Å². The Morgan fingerprint density at radius 1 is 1.20 bits per heavy atom. The normalized spacial score (nSPS) is 10.3. The maximum absolute atomic E-state index is 11.1. The predicted octanol–water partition coefficient (Wildman–Crippen LogP) is 2.01. The zero-order chi connectivity index (χ0) is 11.4. The molecule has 0 saturated carbocycles. The third kappa shape index (κ3) is 12.1. The number of carbonyl (C=O) groups excluding carboxylic acids is 1. The van der Waals surface area contributed by atoms with Crippen LogP contribution in [0.1, 0.15) is 38.5 Å². The molecule has 0 aliphatic rings. The molecule has 0 aromatic carbocycles. The van der Waals surface area contributed by atoms with Gasteiger partial charge in [0.1, 0.15) is 0 Å². The third-order valence-corrected chi connectivity index (χ3v) is 3.09. The van der Waals surface area contributed by atoms with Gasteiger partial charge in [-0.25, -0.2) is 0 Å². The monoisotopic (exact) mass is 251 g/mol. The average Bonchev–Trinajstić information content (AvgIpc) is 2.25. The van der Waals surface area contributed by atoms with Crippen LogP contribution in [0, 0.1) is 0 Å². The molecule has 0 aliphatic heterocycles. The molecule has 0 unspecified atom stereocenters. The van der Waals surface area contributed by atoms with Crippen molar-refractivity contribution in [2.24, 2.45) is 0 Å². The minimum Gasteiger partial charge on any atom is -0.395 e. The Bertz CT molecular complexity index is 156. The van der Waals surface area contributed by atoms with Crippen LogP contribution in [0.5, 0.6) is 0 Å². The molecule has 0 atom stereocenters. The lowest BCUT2D eigenvalue weighted by Crippen LogP contribution is -2.25. The van der Waals surface area contributed by atoms with Crippen molar-refractivity contribution in [3.63, 3.8) is 0 Å². The summed E-state index contributed by atoms with van der Waals surface area (Å²) in [6.45, 7) is 0.394. The van der Waals surface area contributed by atoms with Gasteiger partial charge in [0.25, 0.3) is 0 Å². The van der Waals surface area contributed by atoms with Gasteiger partial charge in [0.05, 0.1) is 6.61 Å². The standard InChI is InChI=1S/C10H21NO2S2/c12-8-7-11-10(13)6-4-2-1-3-5-9-15-14/h12,14H,1-9H2,(H,11,13). The number of amides is 1. The van der Waals surface area contributed by atoms with Gasteiger partial charge in [0.15, 0.2) is 0 Å². The highest BCUT2D eigenvalue weighted by atomic mass is 33.1. The van der Waals surface area contributed by atoms with Crippen molar-refractivity contribution < 1.29 is 9.90 Å². The van der Waals surface area contributed by atoms with Crippen LogP contribution >= 0.6 is 22.5 Å². The fourth-order valence-electron chi connectivity index (χ4n) is 1.27. The van der Waals surface area contributed by atoms with Gasteiger partial charge in [-0.1, -0.05) is 30.1 Å². The van der Waals surface area contributed by atoms with Gasteiger partial charge in [0, 0.05) is 18.7 Å². The largest absolute Gasteiger partial charge is 0.395 e. The minimum absolute atomic E-state index is 0.0210. The fourth-order valence-corrected chi connectivity index (χ4v) is 1.99. The van der Waals surface area contributed by atoms with Gasteiger partial charge in [0.2, 0.25) is 5.91 Å². The summed E-state index contributed by atoms with van der Waals surface area (Å²) < 4.78 is 0. The second kappa shape index (κ2) is 12.2. The third-order valence-electron chi connectivity index (χ3n) is 2.07. The van der Waals surface area contributed by atoms with E-state index in [9.17, 15) is 4.79 Å². The maximum atomic E-state index is 11.1. The van der Waals surface area contributed by atoms with Crippen LogP contribution in [0.25, 0.3) is 0 Å². The number of thiol groups is 1. The molecular formula is C10H21NO2S2. The Hall–Kier alpha value is 0.130. The summed E-state index contributed by atoms with van der Waals surface area (Å²) in [4.78, 5) is 11.1. The Morgan fingerprint density at radius 2 is 1.87 bits per heavy atom. The quantitative estimate of drug-likeness (QED) is 0.316. The molecule has 0 fully saturated rings. The SMILES string of the molecule is O=C(CCCCCCCSS)NCCO. The topological polar surface area (TPSA) is 49.3 Å². The molecule has 2 N–H and O–H groups in total. The first-order valence-electron chi connectivity index (χ1n) is 5.45. The Kier molecular flexibility index (Phi) is 12.3. The highest BCUT2D eigenvalue weighted by Gasteiger charge is 1.99. The van der Waals surface area contributed by atoms with E-state index < -0.39 is 0 Å². The second-order valence-electron chi connectivity index (χ2n) is 3.42. The molecule has 1 amide bonds. The van der Waals surface area contributed by atoms with Crippen LogP contribution in [0.2, 0.25) is 0 Å². The molecule has 90 valence electrons. The molecule has 3 nitrogen and oxygen atoms in total. The first-order chi connectivity index (χ1) is 7.31. The molecule has 15 heavy (non-hydrogen) atoms. The lowest BCUT2D eigenvalue weighted by atomic mass is 10.1. The minimum atomic E-state index is 0.0210. The molecule has 0 aliphatic carbocycles. The summed E-state index contributed by atoms with van der Waals surface area (Å²) in [6, 6.07) is 0. The van der Waals surface area contributed by atoms with Gasteiger partial charge in [-0.05, 0) is 12.8 Å². The van der Waals surface area contributed by atoms with E-state index >= 15 is 0 Å². The molecular weight excluding hydrogens is 230 g/mol. The number of hydrogen-bond donors (Lipinski definition) is 3. The summed E-state index contributed by atoms with van der Waals surface area (Å²) in [7, 11) is 1.59. The van der Waals surface area contributed by atoms with Crippen molar-refractivity contribution in [1.82, 2.24) is 5.32 Å². The summed E-state index contributed by atoms with van der Waals surface area (Å²) in [5, 5.41) is 11.1. The highest BCUT2D eigenvalue weighted by molar-refractivity contribution is 8.68. The van der Waals surface area contributed by atoms with E-state index in [0.717, 1.165) is 18.6 Å². The molecule has 0 aromatic heterocycles. The van der Waals surface area contributed by atoms with Crippen molar-refractivity contribution in [2.75, 3.05) is 18.9 Å². The van der Waals surface area contributed by atoms with Crippen LogP contribution in [0.3, 0.4) is 0 Å². The van der Waals surface area contributed by atoms with Crippen LogP contribution in [0.15, 0.2) is 0 Å². The van der Waals surface area contributed by atoms with E-state index in [1.54, 1.807) is 10.8 Å². The van der Waals surface area contributed by atoms with Gasteiger partial charge in [-0.2, -0.15) is 0 Å². The zero-order valence-corrected chi connectivity index (χ0v) is 10.8. The van der Waals surface area contributed by atoms with Gasteiger partial charge >= 0.3 is 0 Å².